The minimum atomic E-state index is -0.564. The maximum Gasteiger partial charge on any atom is 0.278 e. The molecule has 7 heteroatoms. The topological polar surface area (TPSA) is 68.5 Å². The normalized spacial score (nSPS) is 10.4. The maximum absolute atomic E-state index is 14.0. The highest BCUT2D eigenvalue weighted by molar-refractivity contribution is 6.04. The molecule has 0 bridgehead atoms. The summed E-state index contributed by atoms with van der Waals surface area (Å²) >= 11 is 0. The fraction of sp³-hybridized carbons (Fsp3) is 0.118. The molecule has 6 nitrogen and oxygen atoms in total. The molecule has 122 valence electrons. The molecule has 2 aromatic heterocycles. The van der Waals surface area contributed by atoms with Crippen molar-refractivity contribution < 1.29 is 18.3 Å². The Balaban J connectivity index is 1.98. The third kappa shape index (κ3) is 3.24. The molecule has 1 amide bonds. The number of carbonyl (C=O) groups is 1. The van der Waals surface area contributed by atoms with Crippen LogP contribution in [0.1, 0.15) is 16.2 Å². The summed E-state index contributed by atoms with van der Waals surface area (Å²) in [7, 11) is 1.38. The Morgan fingerprint density at radius 2 is 2.21 bits per heavy atom. The van der Waals surface area contributed by atoms with Crippen LogP contribution in [0.15, 0.2) is 59.6 Å². The van der Waals surface area contributed by atoms with Crippen molar-refractivity contribution in [3.05, 3.63) is 72.5 Å². The number of rotatable bonds is 5. The molecule has 1 aromatic carbocycles. The molecule has 0 fully saturated rings. The summed E-state index contributed by atoms with van der Waals surface area (Å²) in [6.07, 6.45) is 5.76. The van der Waals surface area contributed by atoms with Gasteiger partial charge >= 0.3 is 0 Å². The fourth-order valence-electron chi connectivity index (χ4n) is 2.21. The first-order valence-electron chi connectivity index (χ1n) is 7.13. The Labute approximate surface area is 137 Å². The highest BCUT2D eigenvalue weighted by Crippen LogP contribution is 2.26. The van der Waals surface area contributed by atoms with E-state index in [-0.39, 0.29) is 18.0 Å². The number of nitrogens with zero attached hydrogens (tertiary/aromatic N) is 3. The minimum absolute atomic E-state index is 0.101. The van der Waals surface area contributed by atoms with Crippen LogP contribution in [0.4, 0.5) is 10.1 Å². The van der Waals surface area contributed by atoms with Crippen LogP contribution >= 0.6 is 0 Å². The zero-order valence-electron chi connectivity index (χ0n) is 12.8. The number of hydrogen-bond acceptors (Lipinski definition) is 5. The molecule has 0 saturated heterocycles. The van der Waals surface area contributed by atoms with Gasteiger partial charge in [-0.05, 0) is 24.3 Å². The molecule has 2 heterocycles. The second-order valence-electron chi connectivity index (χ2n) is 4.88. The number of hydrogen-bond donors (Lipinski definition) is 0. The molecular weight excluding hydrogens is 313 g/mol. The SMILES string of the molecule is COc1ccc(N(Cc2ccco2)C(=O)c2cnccn2)cc1F. The number of ether oxygens (including phenoxy) is 1. The van der Waals surface area contributed by atoms with Gasteiger partial charge in [-0.1, -0.05) is 0 Å². The average Bonchev–Trinajstić information content (AvgIpc) is 3.13. The second-order valence-corrected chi connectivity index (χ2v) is 4.88. The lowest BCUT2D eigenvalue weighted by Gasteiger charge is -2.21. The molecule has 24 heavy (non-hydrogen) atoms. The monoisotopic (exact) mass is 327 g/mol. The van der Waals surface area contributed by atoms with Crippen molar-refractivity contribution in [2.75, 3.05) is 12.0 Å². The van der Waals surface area contributed by atoms with Crippen molar-refractivity contribution in [3.8, 4) is 5.75 Å². The van der Waals surface area contributed by atoms with Gasteiger partial charge in [0.25, 0.3) is 5.91 Å². The molecule has 0 aliphatic rings. The first-order chi connectivity index (χ1) is 11.7. The number of benzene rings is 1. The number of furan rings is 1. The van der Waals surface area contributed by atoms with Gasteiger partial charge in [0.2, 0.25) is 0 Å². The van der Waals surface area contributed by atoms with E-state index in [2.05, 4.69) is 9.97 Å². The van der Waals surface area contributed by atoms with E-state index < -0.39 is 11.7 Å². The zero-order valence-corrected chi connectivity index (χ0v) is 12.8. The van der Waals surface area contributed by atoms with Gasteiger partial charge in [0.15, 0.2) is 11.6 Å². The number of methoxy groups -OCH3 is 1. The molecule has 0 spiro atoms. The van der Waals surface area contributed by atoms with Gasteiger partial charge in [-0.15, -0.1) is 0 Å². The van der Waals surface area contributed by atoms with Gasteiger partial charge in [0.1, 0.15) is 11.5 Å². The number of amides is 1. The molecule has 0 radical (unpaired) electrons. The zero-order chi connectivity index (χ0) is 16.9. The summed E-state index contributed by atoms with van der Waals surface area (Å²) in [5, 5.41) is 0. The third-order valence-electron chi connectivity index (χ3n) is 3.37. The predicted molar refractivity (Wildman–Crippen MR) is 84.2 cm³/mol. The van der Waals surface area contributed by atoms with E-state index in [1.54, 1.807) is 18.2 Å². The van der Waals surface area contributed by atoms with E-state index in [4.69, 9.17) is 9.15 Å². The van der Waals surface area contributed by atoms with Gasteiger partial charge in [-0.2, -0.15) is 0 Å². The maximum atomic E-state index is 14.0. The van der Waals surface area contributed by atoms with Crippen molar-refractivity contribution in [1.29, 1.82) is 0 Å². The highest BCUT2D eigenvalue weighted by Gasteiger charge is 2.21. The summed E-state index contributed by atoms with van der Waals surface area (Å²) in [5.74, 6) is -0.317. The molecule has 0 atom stereocenters. The average molecular weight is 327 g/mol. The lowest BCUT2D eigenvalue weighted by Crippen LogP contribution is -2.31. The van der Waals surface area contributed by atoms with Crippen molar-refractivity contribution in [3.63, 3.8) is 0 Å². The summed E-state index contributed by atoms with van der Waals surface area (Å²) in [6, 6.07) is 7.74. The molecule has 3 aromatic rings. The van der Waals surface area contributed by atoms with E-state index >= 15 is 0 Å². The molecular formula is C17H14FN3O3. The number of halogens is 1. The Morgan fingerprint density at radius 3 is 2.83 bits per heavy atom. The van der Waals surface area contributed by atoms with Gasteiger partial charge in [-0.3, -0.25) is 14.7 Å². The molecule has 0 aliphatic heterocycles. The lowest BCUT2D eigenvalue weighted by atomic mass is 10.2. The third-order valence-corrected chi connectivity index (χ3v) is 3.37. The van der Waals surface area contributed by atoms with Gasteiger partial charge < -0.3 is 9.15 Å². The fourth-order valence-corrected chi connectivity index (χ4v) is 2.21. The first-order valence-corrected chi connectivity index (χ1v) is 7.13. The van der Waals surface area contributed by atoms with E-state index in [1.807, 2.05) is 0 Å². The largest absolute Gasteiger partial charge is 0.494 e. The number of anilines is 1. The van der Waals surface area contributed by atoms with Crippen LogP contribution in [0.5, 0.6) is 5.75 Å². The summed E-state index contributed by atoms with van der Waals surface area (Å²) < 4.78 is 24.3. The molecule has 0 unspecified atom stereocenters. The van der Waals surface area contributed by atoms with Crippen molar-refractivity contribution in [2.24, 2.45) is 0 Å². The van der Waals surface area contributed by atoms with E-state index in [9.17, 15) is 9.18 Å². The van der Waals surface area contributed by atoms with Gasteiger partial charge in [0.05, 0.1) is 26.1 Å². The molecule has 0 aliphatic carbocycles. The van der Waals surface area contributed by atoms with Crippen LogP contribution in [0.2, 0.25) is 0 Å². The van der Waals surface area contributed by atoms with E-state index in [1.165, 1.54) is 49.0 Å². The van der Waals surface area contributed by atoms with Crippen LogP contribution in [0.3, 0.4) is 0 Å². The predicted octanol–water partition coefficient (Wildman–Crippen LogP) is 3.06. The second kappa shape index (κ2) is 6.91. The first kappa shape index (κ1) is 15.7. The molecule has 0 saturated carbocycles. The molecule has 0 N–H and O–H groups in total. The van der Waals surface area contributed by atoms with Crippen molar-refractivity contribution >= 4 is 11.6 Å². The van der Waals surface area contributed by atoms with Crippen molar-refractivity contribution in [1.82, 2.24) is 9.97 Å². The Hall–Kier alpha value is -3.22. The molecule has 3 rings (SSSR count). The van der Waals surface area contributed by atoms with Crippen LogP contribution in [-0.2, 0) is 6.54 Å². The number of aromatic nitrogens is 2. The summed E-state index contributed by atoms with van der Waals surface area (Å²) in [6.45, 7) is 0.133. The van der Waals surface area contributed by atoms with Crippen LogP contribution in [0.25, 0.3) is 0 Å². The smallest absolute Gasteiger partial charge is 0.278 e. The van der Waals surface area contributed by atoms with E-state index in [0.717, 1.165) is 0 Å². The van der Waals surface area contributed by atoms with Gasteiger partial charge in [0, 0.05) is 24.1 Å². The Bertz CT molecular complexity index is 822. The summed E-state index contributed by atoms with van der Waals surface area (Å²) in [5.41, 5.74) is 0.514. The minimum Gasteiger partial charge on any atom is -0.494 e. The van der Waals surface area contributed by atoms with Crippen LogP contribution < -0.4 is 9.64 Å². The van der Waals surface area contributed by atoms with E-state index in [0.29, 0.717) is 11.4 Å². The Morgan fingerprint density at radius 1 is 1.33 bits per heavy atom. The standard InChI is InChI=1S/C17H14FN3O3/c1-23-16-5-4-12(9-14(16)18)21(11-13-3-2-8-24-13)17(22)15-10-19-6-7-20-15/h2-10H,11H2,1H3. The quantitative estimate of drug-likeness (QED) is 0.720. The van der Waals surface area contributed by atoms with Crippen LogP contribution in [-0.4, -0.2) is 23.0 Å². The summed E-state index contributed by atoms with van der Waals surface area (Å²) in [4.78, 5) is 22.0. The van der Waals surface area contributed by atoms with Gasteiger partial charge in [-0.25, -0.2) is 9.37 Å². The lowest BCUT2D eigenvalue weighted by molar-refractivity contribution is 0.0978. The Kier molecular flexibility index (Phi) is 4.51. The highest BCUT2D eigenvalue weighted by atomic mass is 19.1. The van der Waals surface area contributed by atoms with Crippen molar-refractivity contribution in [2.45, 2.75) is 6.54 Å². The number of carbonyl (C=O) groups excluding carboxylic acids is 1. The van der Waals surface area contributed by atoms with Crippen LogP contribution in [0, 0.1) is 5.82 Å².